The fraction of sp³-hybridized carbons (Fsp3) is 0.474. The molecule has 0 bridgehead atoms. The molecule has 7 nitrogen and oxygen atoms in total. The zero-order valence-corrected chi connectivity index (χ0v) is 16.7. The molecule has 2 aromatic rings. The smallest absolute Gasteiger partial charge is 0.248 e. The van der Waals surface area contributed by atoms with Crippen LogP contribution in [0.5, 0.6) is 0 Å². The summed E-state index contributed by atoms with van der Waals surface area (Å²) in [6, 6.07) is 7.70. The van der Waals surface area contributed by atoms with Crippen molar-refractivity contribution in [2.45, 2.75) is 44.9 Å². The van der Waals surface area contributed by atoms with Crippen molar-refractivity contribution in [3.8, 4) is 0 Å². The summed E-state index contributed by atoms with van der Waals surface area (Å²) in [6.07, 6.45) is 2.23. The van der Waals surface area contributed by atoms with Crippen molar-refractivity contribution in [2.24, 2.45) is 5.92 Å². The molecule has 1 saturated heterocycles. The third-order valence-electron chi connectivity index (χ3n) is 4.95. The van der Waals surface area contributed by atoms with Crippen LogP contribution in [0.25, 0.3) is 0 Å². The summed E-state index contributed by atoms with van der Waals surface area (Å²) in [5.74, 6) is -0.271. The molecule has 1 unspecified atom stereocenters. The molecule has 1 fully saturated rings. The lowest BCUT2D eigenvalue weighted by atomic mass is 9.98. The van der Waals surface area contributed by atoms with E-state index in [0.717, 1.165) is 12.1 Å². The van der Waals surface area contributed by atoms with E-state index >= 15 is 0 Å². The van der Waals surface area contributed by atoms with Crippen LogP contribution >= 0.6 is 0 Å². The zero-order valence-electron chi connectivity index (χ0n) is 15.9. The molecule has 146 valence electrons. The second kappa shape index (κ2) is 7.82. The van der Waals surface area contributed by atoms with Crippen LogP contribution in [0.3, 0.4) is 0 Å². The number of rotatable bonds is 5. The SMILES string of the molecule is CCc1ccc(NC(=O)C2CCCN(S(=O)(=O)c3c(C)noc3C)C2)cc1. The number of nitrogens with one attached hydrogen (secondary N) is 1. The Balaban J connectivity index is 1.72. The number of hydrogen-bond acceptors (Lipinski definition) is 5. The monoisotopic (exact) mass is 391 g/mol. The van der Waals surface area contributed by atoms with Gasteiger partial charge in [-0.15, -0.1) is 0 Å². The topological polar surface area (TPSA) is 92.5 Å². The summed E-state index contributed by atoms with van der Waals surface area (Å²) in [7, 11) is -3.73. The fourth-order valence-corrected chi connectivity index (χ4v) is 5.23. The molecule has 0 aliphatic carbocycles. The molecule has 1 N–H and O–H groups in total. The molecule has 8 heteroatoms. The van der Waals surface area contributed by atoms with Gasteiger partial charge >= 0.3 is 0 Å². The van der Waals surface area contributed by atoms with E-state index in [0.29, 0.717) is 25.1 Å². The van der Waals surface area contributed by atoms with Gasteiger partial charge in [-0.2, -0.15) is 4.31 Å². The largest absolute Gasteiger partial charge is 0.360 e. The Bertz CT molecular complexity index is 899. The second-order valence-electron chi connectivity index (χ2n) is 6.90. The molecule has 1 aromatic carbocycles. The lowest BCUT2D eigenvalue weighted by Crippen LogP contribution is -2.43. The molecule has 3 rings (SSSR count). The maximum absolute atomic E-state index is 13.0. The highest BCUT2D eigenvalue weighted by molar-refractivity contribution is 7.89. The number of benzene rings is 1. The lowest BCUT2D eigenvalue weighted by Gasteiger charge is -2.31. The molecule has 0 spiro atoms. The van der Waals surface area contributed by atoms with Crippen LogP contribution in [0.15, 0.2) is 33.7 Å². The van der Waals surface area contributed by atoms with E-state index in [1.54, 1.807) is 13.8 Å². The highest BCUT2D eigenvalue weighted by Gasteiger charge is 2.36. The number of hydrogen-bond donors (Lipinski definition) is 1. The van der Waals surface area contributed by atoms with Gasteiger partial charge in [0.05, 0.1) is 5.92 Å². The van der Waals surface area contributed by atoms with Crippen molar-refractivity contribution in [3.63, 3.8) is 0 Å². The van der Waals surface area contributed by atoms with E-state index in [1.807, 2.05) is 24.3 Å². The van der Waals surface area contributed by atoms with Crippen molar-refractivity contribution in [2.75, 3.05) is 18.4 Å². The Hall–Kier alpha value is -2.19. The number of aryl methyl sites for hydroxylation is 3. The van der Waals surface area contributed by atoms with Crippen molar-refractivity contribution in [3.05, 3.63) is 41.3 Å². The average Bonchev–Trinajstić information content (AvgIpc) is 3.01. The fourth-order valence-electron chi connectivity index (χ4n) is 3.41. The Kier molecular flexibility index (Phi) is 5.67. The minimum absolute atomic E-state index is 0.110. The van der Waals surface area contributed by atoms with Crippen molar-refractivity contribution >= 4 is 21.6 Å². The first kappa shape index (κ1) is 19.6. The summed E-state index contributed by atoms with van der Waals surface area (Å²) in [5, 5.41) is 6.64. The standard InChI is InChI=1S/C19H25N3O4S/c1-4-15-7-9-17(10-8-15)20-19(23)16-6-5-11-22(12-16)27(24,25)18-13(2)21-26-14(18)3/h7-10,16H,4-6,11-12H2,1-3H3,(H,20,23). The van der Waals surface area contributed by atoms with Crippen molar-refractivity contribution in [1.82, 2.24) is 9.46 Å². The summed E-state index contributed by atoms with van der Waals surface area (Å²) in [5.41, 5.74) is 2.26. The first-order valence-corrected chi connectivity index (χ1v) is 10.6. The summed E-state index contributed by atoms with van der Waals surface area (Å²) >= 11 is 0. The maximum Gasteiger partial charge on any atom is 0.248 e. The molecule has 1 aromatic heterocycles. The molecule has 0 saturated carbocycles. The third-order valence-corrected chi connectivity index (χ3v) is 7.06. The Morgan fingerprint density at radius 1 is 1.30 bits per heavy atom. The number of piperidine rings is 1. The highest BCUT2D eigenvalue weighted by Crippen LogP contribution is 2.28. The number of sulfonamides is 1. The normalized spacial score (nSPS) is 18.4. The van der Waals surface area contributed by atoms with E-state index in [2.05, 4.69) is 17.4 Å². The van der Waals surface area contributed by atoms with Crippen LogP contribution in [0.2, 0.25) is 0 Å². The van der Waals surface area contributed by atoms with Crippen LogP contribution in [-0.2, 0) is 21.2 Å². The van der Waals surface area contributed by atoms with Gasteiger partial charge in [0.2, 0.25) is 15.9 Å². The van der Waals surface area contributed by atoms with Crippen molar-refractivity contribution in [1.29, 1.82) is 0 Å². The van der Waals surface area contributed by atoms with Crippen LogP contribution in [0.4, 0.5) is 5.69 Å². The molecule has 0 radical (unpaired) electrons. The number of carbonyl (C=O) groups is 1. The predicted molar refractivity (Wildman–Crippen MR) is 102 cm³/mol. The summed E-state index contributed by atoms with van der Waals surface area (Å²) in [4.78, 5) is 12.8. The van der Waals surface area contributed by atoms with E-state index in [1.165, 1.54) is 9.87 Å². The first-order valence-electron chi connectivity index (χ1n) is 9.15. The molecule has 27 heavy (non-hydrogen) atoms. The van der Waals surface area contributed by atoms with Gasteiger partial charge in [0.25, 0.3) is 0 Å². The molecule has 1 amide bonds. The Morgan fingerprint density at radius 2 is 2.00 bits per heavy atom. The van der Waals surface area contributed by atoms with Gasteiger partial charge in [-0.1, -0.05) is 24.2 Å². The number of anilines is 1. The molecule has 2 heterocycles. The zero-order chi connectivity index (χ0) is 19.6. The van der Waals surface area contributed by atoms with E-state index in [-0.39, 0.29) is 29.0 Å². The Labute approximate surface area is 159 Å². The highest BCUT2D eigenvalue weighted by atomic mass is 32.2. The van der Waals surface area contributed by atoms with Gasteiger partial charge in [-0.05, 0) is 50.8 Å². The second-order valence-corrected chi connectivity index (χ2v) is 8.77. The van der Waals surface area contributed by atoms with Gasteiger partial charge in [0.15, 0.2) is 5.76 Å². The number of aromatic nitrogens is 1. The molecule has 1 aliphatic heterocycles. The first-order chi connectivity index (χ1) is 12.8. The molecule has 1 atom stereocenters. The van der Waals surface area contributed by atoms with Gasteiger partial charge in [0.1, 0.15) is 10.6 Å². The average molecular weight is 391 g/mol. The van der Waals surface area contributed by atoms with Gasteiger partial charge < -0.3 is 9.84 Å². The molecular weight excluding hydrogens is 366 g/mol. The maximum atomic E-state index is 13.0. The number of carbonyl (C=O) groups excluding carboxylic acids is 1. The minimum Gasteiger partial charge on any atom is -0.360 e. The minimum atomic E-state index is -3.73. The quantitative estimate of drug-likeness (QED) is 0.846. The third kappa shape index (κ3) is 4.06. The van der Waals surface area contributed by atoms with E-state index < -0.39 is 10.0 Å². The number of nitrogens with zero attached hydrogens (tertiary/aromatic N) is 2. The number of amides is 1. The summed E-state index contributed by atoms with van der Waals surface area (Å²) < 4.78 is 32.3. The Morgan fingerprint density at radius 3 is 2.59 bits per heavy atom. The van der Waals surface area contributed by atoms with Crippen LogP contribution in [0.1, 0.15) is 36.8 Å². The van der Waals surface area contributed by atoms with Gasteiger partial charge in [-0.3, -0.25) is 4.79 Å². The van der Waals surface area contributed by atoms with Crippen LogP contribution in [-0.4, -0.2) is 36.9 Å². The predicted octanol–water partition coefficient (Wildman–Crippen LogP) is 2.89. The lowest BCUT2D eigenvalue weighted by molar-refractivity contribution is -0.120. The molecule has 1 aliphatic rings. The molecular formula is C19H25N3O4S. The van der Waals surface area contributed by atoms with Crippen LogP contribution < -0.4 is 5.32 Å². The van der Waals surface area contributed by atoms with E-state index in [4.69, 9.17) is 4.52 Å². The van der Waals surface area contributed by atoms with E-state index in [9.17, 15) is 13.2 Å². The van der Waals surface area contributed by atoms with Gasteiger partial charge in [-0.25, -0.2) is 8.42 Å². The van der Waals surface area contributed by atoms with Crippen molar-refractivity contribution < 1.29 is 17.7 Å². The van der Waals surface area contributed by atoms with Crippen LogP contribution in [0, 0.1) is 19.8 Å². The van der Waals surface area contributed by atoms with Gasteiger partial charge in [0, 0.05) is 18.8 Å². The summed E-state index contributed by atoms with van der Waals surface area (Å²) in [6.45, 7) is 5.81.